The standard InChI is InChI=1S/C48H30S2/c1-3-23-43-41(19-1)47-39(21-9-25-45(47)49-43)37-17-7-15-35(29-37)33-13-5-11-31(27-33)32-12-6-14-34(28-32)36-16-8-18-38(30-36)40-22-10-26-46-48(40)42-20-2-4-24-44(42)50-46/h1-30H. The molecule has 0 fully saturated rings. The Morgan fingerprint density at radius 3 is 0.940 bits per heavy atom. The summed E-state index contributed by atoms with van der Waals surface area (Å²) >= 11 is 3.74. The highest BCUT2D eigenvalue weighted by molar-refractivity contribution is 7.26. The molecule has 0 aliphatic heterocycles. The van der Waals surface area contributed by atoms with Crippen molar-refractivity contribution in [2.45, 2.75) is 0 Å². The van der Waals surface area contributed by atoms with Crippen LogP contribution in [0.1, 0.15) is 0 Å². The van der Waals surface area contributed by atoms with Gasteiger partial charge in [0.05, 0.1) is 0 Å². The van der Waals surface area contributed by atoms with Crippen molar-refractivity contribution in [2.75, 3.05) is 0 Å². The predicted octanol–water partition coefficient (Wildman–Crippen LogP) is 14.8. The monoisotopic (exact) mass is 670 g/mol. The molecule has 0 spiro atoms. The zero-order chi connectivity index (χ0) is 33.0. The summed E-state index contributed by atoms with van der Waals surface area (Å²) < 4.78 is 5.33. The molecule has 0 amide bonds. The van der Waals surface area contributed by atoms with Gasteiger partial charge < -0.3 is 0 Å². The van der Waals surface area contributed by atoms with Crippen molar-refractivity contribution in [2.24, 2.45) is 0 Å². The molecule has 0 saturated heterocycles. The molecular weight excluding hydrogens is 641 g/mol. The number of benzene rings is 8. The summed E-state index contributed by atoms with van der Waals surface area (Å²) in [6.07, 6.45) is 0. The molecular formula is C48H30S2. The highest BCUT2D eigenvalue weighted by atomic mass is 32.1. The van der Waals surface area contributed by atoms with Crippen LogP contribution < -0.4 is 0 Å². The van der Waals surface area contributed by atoms with Crippen molar-refractivity contribution < 1.29 is 0 Å². The third kappa shape index (κ3) is 4.96. The van der Waals surface area contributed by atoms with Crippen LogP contribution in [-0.4, -0.2) is 0 Å². The lowest BCUT2D eigenvalue weighted by Gasteiger charge is -2.11. The Kier molecular flexibility index (Phi) is 6.97. The molecule has 2 heteroatoms. The SMILES string of the molecule is c1cc(-c2cccc(-c3cccc(-c4cccc5sc6ccccc6c45)c3)c2)cc(-c2cccc(-c3cccc4sc5ccccc5c34)c2)c1. The molecule has 8 aromatic carbocycles. The minimum absolute atomic E-state index is 1.21. The molecule has 2 aromatic heterocycles. The summed E-state index contributed by atoms with van der Waals surface area (Å²) in [6.45, 7) is 0. The molecule has 0 saturated carbocycles. The van der Waals surface area contributed by atoms with E-state index in [1.54, 1.807) is 0 Å². The number of hydrogen-bond acceptors (Lipinski definition) is 2. The van der Waals surface area contributed by atoms with Gasteiger partial charge in [0.1, 0.15) is 0 Å². The molecule has 10 rings (SSSR count). The van der Waals surface area contributed by atoms with Crippen molar-refractivity contribution in [3.05, 3.63) is 182 Å². The minimum Gasteiger partial charge on any atom is -0.135 e. The fraction of sp³-hybridized carbons (Fsp3) is 0. The molecule has 0 radical (unpaired) electrons. The Hall–Kier alpha value is -5.80. The zero-order valence-electron chi connectivity index (χ0n) is 27.1. The summed E-state index contributed by atoms with van der Waals surface area (Å²) in [5, 5.41) is 5.36. The van der Waals surface area contributed by atoms with Crippen LogP contribution in [0, 0.1) is 0 Å². The van der Waals surface area contributed by atoms with Crippen LogP contribution in [0.15, 0.2) is 182 Å². The Bertz CT molecular complexity index is 2690. The fourth-order valence-corrected chi connectivity index (χ4v) is 9.78. The first-order valence-electron chi connectivity index (χ1n) is 17.0. The summed E-state index contributed by atoms with van der Waals surface area (Å²) in [5.41, 5.74) is 12.4. The van der Waals surface area contributed by atoms with E-state index in [1.807, 2.05) is 22.7 Å². The van der Waals surface area contributed by atoms with Gasteiger partial charge in [-0.15, -0.1) is 22.7 Å². The first-order chi connectivity index (χ1) is 24.8. The van der Waals surface area contributed by atoms with Gasteiger partial charge in [-0.05, 0) is 104 Å². The minimum atomic E-state index is 1.21. The largest absolute Gasteiger partial charge is 0.135 e. The third-order valence-corrected chi connectivity index (χ3v) is 12.1. The zero-order valence-corrected chi connectivity index (χ0v) is 28.8. The van der Waals surface area contributed by atoms with Crippen LogP contribution in [0.25, 0.3) is 96.0 Å². The van der Waals surface area contributed by atoms with Crippen LogP contribution in [0.4, 0.5) is 0 Å². The highest BCUT2D eigenvalue weighted by Crippen LogP contribution is 2.42. The van der Waals surface area contributed by atoms with E-state index in [9.17, 15) is 0 Å². The van der Waals surface area contributed by atoms with Crippen molar-refractivity contribution >= 4 is 63.0 Å². The summed E-state index contributed by atoms with van der Waals surface area (Å²) in [6, 6.07) is 66.9. The maximum atomic E-state index is 2.35. The molecule has 10 aromatic rings. The summed E-state index contributed by atoms with van der Waals surface area (Å²) in [4.78, 5) is 0. The smallest absolute Gasteiger partial charge is 0.0361 e. The van der Waals surface area contributed by atoms with Gasteiger partial charge in [-0.25, -0.2) is 0 Å². The Morgan fingerprint density at radius 2 is 0.540 bits per heavy atom. The van der Waals surface area contributed by atoms with Crippen LogP contribution in [-0.2, 0) is 0 Å². The van der Waals surface area contributed by atoms with Gasteiger partial charge in [0.2, 0.25) is 0 Å². The second-order valence-corrected chi connectivity index (χ2v) is 15.0. The van der Waals surface area contributed by atoms with Gasteiger partial charge in [0.25, 0.3) is 0 Å². The van der Waals surface area contributed by atoms with Crippen molar-refractivity contribution in [3.8, 4) is 55.6 Å². The lowest BCUT2D eigenvalue weighted by atomic mass is 9.93. The fourth-order valence-electron chi connectivity index (χ4n) is 7.52. The second kappa shape index (κ2) is 12.0. The topological polar surface area (TPSA) is 0 Å². The van der Waals surface area contributed by atoms with Crippen molar-refractivity contribution in [1.82, 2.24) is 0 Å². The van der Waals surface area contributed by atoms with Crippen LogP contribution in [0.3, 0.4) is 0 Å². The number of fused-ring (bicyclic) bond motifs is 6. The van der Waals surface area contributed by atoms with E-state index in [0.29, 0.717) is 0 Å². The van der Waals surface area contributed by atoms with E-state index in [1.165, 1.54) is 96.0 Å². The molecule has 2 heterocycles. The summed E-state index contributed by atoms with van der Waals surface area (Å²) in [5.74, 6) is 0. The Labute approximate surface area is 299 Å². The van der Waals surface area contributed by atoms with E-state index in [4.69, 9.17) is 0 Å². The Morgan fingerprint density at radius 1 is 0.240 bits per heavy atom. The molecule has 0 N–H and O–H groups in total. The van der Waals surface area contributed by atoms with Gasteiger partial charge in [-0.3, -0.25) is 0 Å². The van der Waals surface area contributed by atoms with Crippen LogP contribution in [0.5, 0.6) is 0 Å². The van der Waals surface area contributed by atoms with Crippen molar-refractivity contribution in [3.63, 3.8) is 0 Å². The molecule has 0 unspecified atom stereocenters. The second-order valence-electron chi connectivity index (χ2n) is 12.9. The molecule has 50 heavy (non-hydrogen) atoms. The number of hydrogen-bond donors (Lipinski definition) is 0. The average Bonchev–Trinajstić information content (AvgIpc) is 3.77. The molecule has 234 valence electrons. The van der Waals surface area contributed by atoms with Crippen molar-refractivity contribution in [1.29, 1.82) is 0 Å². The lowest BCUT2D eigenvalue weighted by molar-refractivity contribution is 1.57. The molecule has 0 aliphatic carbocycles. The van der Waals surface area contributed by atoms with E-state index in [-0.39, 0.29) is 0 Å². The molecule has 0 nitrogen and oxygen atoms in total. The number of rotatable bonds is 5. The van der Waals surface area contributed by atoms with E-state index < -0.39 is 0 Å². The number of thiophene rings is 2. The molecule has 0 bridgehead atoms. The van der Waals surface area contributed by atoms with E-state index >= 15 is 0 Å². The lowest BCUT2D eigenvalue weighted by Crippen LogP contribution is -1.86. The summed E-state index contributed by atoms with van der Waals surface area (Å²) in [7, 11) is 0. The van der Waals surface area contributed by atoms with E-state index in [0.717, 1.165) is 0 Å². The maximum Gasteiger partial charge on any atom is 0.0361 e. The first kappa shape index (κ1) is 29.1. The normalized spacial score (nSPS) is 11.6. The first-order valence-corrected chi connectivity index (χ1v) is 18.6. The quantitative estimate of drug-likeness (QED) is 0.171. The van der Waals surface area contributed by atoms with Gasteiger partial charge >= 0.3 is 0 Å². The maximum absolute atomic E-state index is 2.35. The van der Waals surface area contributed by atoms with E-state index in [2.05, 4.69) is 182 Å². The van der Waals surface area contributed by atoms with Crippen LogP contribution >= 0.6 is 22.7 Å². The van der Waals surface area contributed by atoms with Gasteiger partial charge in [0, 0.05) is 40.3 Å². The van der Waals surface area contributed by atoms with Gasteiger partial charge in [-0.2, -0.15) is 0 Å². The molecule has 0 atom stereocenters. The highest BCUT2D eigenvalue weighted by Gasteiger charge is 2.13. The third-order valence-electron chi connectivity index (χ3n) is 9.88. The van der Waals surface area contributed by atoms with Gasteiger partial charge in [-0.1, -0.05) is 133 Å². The average molecular weight is 671 g/mol. The Balaban J connectivity index is 1.01. The molecule has 0 aliphatic rings. The van der Waals surface area contributed by atoms with Crippen LogP contribution in [0.2, 0.25) is 0 Å². The predicted molar refractivity (Wildman–Crippen MR) is 219 cm³/mol. The van der Waals surface area contributed by atoms with Gasteiger partial charge in [0.15, 0.2) is 0 Å².